The zero-order valence-electron chi connectivity index (χ0n) is 19.8. The van der Waals surface area contributed by atoms with Crippen LogP contribution in [-0.4, -0.2) is 55.2 Å². The fourth-order valence-electron chi connectivity index (χ4n) is 4.69. The molecule has 184 valence electrons. The van der Waals surface area contributed by atoms with Crippen LogP contribution >= 0.6 is 11.6 Å². The van der Waals surface area contributed by atoms with Gasteiger partial charge >= 0.3 is 0 Å². The highest BCUT2D eigenvalue weighted by molar-refractivity contribution is 6.31. The summed E-state index contributed by atoms with van der Waals surface area (Å²) in [5, 5.41) is 3.36. The molecule has 2 aliphatic rings. The van der Waals surface area contributed by atoms with Gasteiger partial charge in [0.1, 0.15) is 17.1 Å². The van der Waals surface area contributed by atoms with E-state index in [0.717, 1.165) is 45.6 Å². The molecule has 0 spiro atoms. The first-order valence-corrected chi connectivity index (χ1v) is 12.3. The number of nitrogens with one attached hydrogen (secondary N) is 1. The van der Waals surface area contributed by atoms with E-state index >= 15 is 4.39 Å². The number of pyridine rings is 1. The number of carbonyl (C=O) groups excluding carboxylic acids is 1. The summed E-state index contributed by atoms with van der Waals surface area (Å²) in [4.78, 5) is 30.9. The van der Waals surface area contributed by atoms with Gasteiger partial charge in [-0.3, -0.25) is 9.59 Å². The molecule has 5 rings (SSSR count). The third kappa shape index (κ3) is 4.60. The number of halogens is 2. The summed E-state index contributed by atoms with van der Waals surface area (Å²) in [5.41, 5.74) is 0.966. The van der Waals surface area contributed by atoms with Gasteiger partial charge in [-0.25, -0.2) is 4.39 Å². The standard InChI is InChI=1S/C26H28ClFN4O3/c1-3-30-8-10-31(11-9-30)23-14-22-18(13-20(23)28)25(33)19(15-32(22)17-5-6-17)26(34)29-21-12-16(27)4-7-24(21)35-2/h4,7,12-15,17H,3,5-6,8-11H2,1-2H3,(H,29,34). The second-order valence-electron chi connectivity index (χ2n) is 9.05. The van der Waals surface area contributed by atoms with Crippen LogP contribution in [0.25, 0.3) is 10.9 Å². The smallest absolute Gasteiger partial charge is 0.261 e. The molecule has 2 aromatic carbocycles. The van der Waals surface area contributed by atoms with Crippen LogP contribution in [0.15, 0.2) is 41.3 Å². The summed E-state index contributed by atoms with van der Waals surface area (Å²) in [5.74, 6) is -0.618. The Hall–Kier alpha value is -3.10. The van der Waals surface area contributed by atoms with Crippen LogP contribution in [0.2, 0.25) is 5.02 Å². The average molecular weight is 499 g/mol. The Morgan fingerprint density at radius 1 is 1.17 bits per heavy atom. The Morgan fingerprint density at radius 2 is 1.91 bits per heavy atom. The van der Waals surface area contributed by atoms with Gasteiger partial charge in [-0.15, -0.1) is 0 Å². The van der Waals surface area contributed by atoms with Crippen molar-refractivity contribution < 1.29 is 13.9 Å². The van der Waals surface area contributed by atoms with Crippen molar-refractivity contribution in [2.24, 2.45) is 0 Å². The van der Waals surface area contributed by atoms with Crippen molar-refractivity contribution in [2.75, 3.05) is 50.1 Å². The third-order valence-electron chi connectivity index (χ3n) is 6.86. The van der Waals surface area contributed by atoms with Crippen LogP contribution < -0.4 is 20.4 Å². The molecule has 2 heterocycles. The number of methoxy groups -OCH3 is 1. The lowest BCUT2D eigenvalue weighted by Crippen LogP contribution is -2.46. The normalized spacial score (nSPS) is 16.5. The van der Waals surface area contributed by atoms with Crippen molar-refractivity contribution in [3.05, 3.63) is 63.2 Å². The van der Waals surface area contributed by atoms with Crippen molar-refractivity contribution in [3.8, 4) is 5.75 Å². The van der Waals surface area contributed by atoms with E-state index in [0.29, 0.717) is 27.7 Å². The zero-order chi connectivity index (χ0) is 24.7. The number of amides is 1. The van der Waals surface area contributed by atoms with Crippen molar-refractivity contribution in [3.63, 3.8) is 0 Å². The fraction of sp³-hybridized carbons (Fsp3) is 0.385. The maximum atomic E-state index is 15.3. The number of likely N-dealkylation sites (N-methyl/N-ethyl adjacent to an activating group) is 1. The van der Waals surface area contributed by atoms with Gasteiger partial charge < -0.3 is 24.4 Å². The van der Waals surface area contributed by atoms with E-state index < -0.39 is 17.2 Å². The summed E-state index contributed by atoms with van der Waals surface area (Å²) in [7, 11) is 1.48. The molecule has 3 aromatic rings. The zero-order valence-corrected chi connectivity index (χ0v) is 20.6. The second-order valence-corrected chi connectivity index (χ2v) is 9.49. The highest BCUT2D eigenvalue weighted by Crippen LogP contribution is 2.38. The van der Waals surface area contributed by atoms with Crippen molar-refractivity contribution >= 4 is 39.8 Å². The van der Waals surface area contributed by atoms with Gasteiger partial charge in [-0.2, -0.15) is 0 Å². The first-order valence-electron chi connectivity index (χ1n) is 11.9. The number of hydrogen-bond acceptors (Lipinski definition) is 5. The van der Waals surface area contributed by atoms with Crippen LogP contribution in [-0.2, 0) is 0 Å². The average Bonchev–Trinajstić information content (AvgIpc) is 3.70. The summed E-state index contributed by atoms with van der Waals surface area (Å²) >= 11 is 6.08. The number of piperazine rings is 1. The minimum Gasteiger partial charge on any atom is -0.495 e. The van der Waals surface area contributed by atoms with Crippen molar-refractivity contribution in [1.82, 2.24) is 9.47 Å². The highest BCUT2D eigenvalue weighted by Gasteiger charge is 2.29. The first kappa shape index (κ1) is 23.6. The third-order valence-corrected chi connectivity index (χ3v) is 7.09. The number of benzene rings is 2. The minimum atomic E-state index is -0.591. The van der Waals surface area contributed by atoms with Gasteiger partial charge in [0.15, 0.2) is 0 Å². The first-order chi connectivity index (χ1) is 16.9. The molecule has 1 aliphatic heterocycles. The molecular formula is C26H28ClFN4O3. The summed E-state index contributed by atoms with van der Waals surface area (Å²) in [6.45, 7) is 6.29. The number of carbonyl (C=O) groups is 1. The molecule has 1 saturated heterocycles. The van der Waals surface area contributed by atoms with E-state index in [4.69, 9.17) is 16.3 Å². The predicted molar refractivity (Wildman–Crippen MR) is 137 cm³/mol. The molecule has 0 atom stereocenters. The SMILES string of the molecule is CCN1CCN(c2cc3c(cc2F)c(=O)c(C(=O)Nc2cc(Cl)ccc2OC)cn3C2CC2)CC1. The Labute approximate surface area is 208 Å². The van der Waals surface area contributed by atoms with Gasteiger partial charge in [-0.05, 0) is 49.7 Å². The number of anilines is 2. The fourth-order valence-corrected chi connectivity index (χ4v) is 4.86. The van der Waals surface area contributed by atoms with E-state index in [2.05, 4.69) is 17.1 Å². The van der Waals surface area contributed by atoms with Crippen molar-refractivity contribution in [1.29, 1.82) is 0 Å². The maximum Gasteiger partial charge on any atom is 0.261 e. The van der Waals surface area contributed by atoms with Crippen LogP contribution in [0, 0.1) is 5.82 Å². The van der Waals surface area contributed by atoms with Gasteiger partial charge in [0.2, 0.25) is 5.43 Å². The molecule has 9 heteroatoms. The number of aromatic nitrogens is 1. The number of fused-ring (bicyclic) bond motifs is 1. The maximum absolute atomic E-state index is 15.3. The molecule has 7 nitrogen and oxygen atoms in total. The molecule has 0 unspecified atom stereocenters. The van der Waals surface area contributed by atoms with E-state index in [-0.39, 0.29) is 17.0 Å². The van der Waals surface area contributed by atoms with E-state index in [1.807, 2.05) is 9.47 Å². The van der Waals surface area contributed by atoms with Crippen LogP contribution in [0.5, 0.6) is 5.75 Å². The van der Waals surface area contributed by atoms with E-state index in [1.165, 1.54) is 13.2 Å². The lowest BCUT2D eigenvalue weighted by Gasteiger charge is -2.35. The summed E-state index contributed by atoms with van der Waals surface area (Å²) < 4.78 is 22.5. The monoisotopic (exact) mass is 498 g/mol. The Bertz CT molecular complexity index is 1350. The van der Waals surface area contributed by atoms with E-state index in [1.54, 1.807) is 30.5 Å². The second kappa shape index (κ2) is 9.51. The summed E-state index contributed by atoms with van der Waals surface area (Å²) in [6.07, 6.45) is 3.50. The summed E-state index contributed by atoms with van der Waals surface area (Å²) in [6, 6.07) is 8.08. The number of rotatable bonds is 6. The Kier molecular flexibility index (Phi) is 6.42. The Morgan fingerprint density at radius 3 is 2.57 bits per heavy atom. The van der Waals surface area contributed by atoms with Gasteiger partial charge in [-0.1, -0.05) is 18.5 Å². The molecule has 1 saturated carbocycles. The number of ether oxygens (including phenoxy) is 1. The minimum absolute atomic E-state index is 0.0462. The topological polar surface area (TPSA) is 66.8 Å². The van der Waals surface area contributed by atoms with Crippen LogP contribution in [0.1, 0.15) is 36.2 Å². The largest absolute Gasteiger partial charge is 0.495 e. The molecule has 0 radical (unpaired) electrons. The quantitative estimate of drug-likeness (QED) is 0.541. The molecule has 35 heavy (non-hydrogen) atoms. The van der Waals surface area contributed by atoms with Gasteiger partial charge in [0.25, 0.3) is 5.91 Å². The number of hydrogen-bond donors (Lipinski definition) is 1. The van der Waals surface area contributed by atoms with Gasteiger partial charge in [0, 0.05) is 48.8 Å². The lowest BCUT2D eigenvalue weighted by atomic mass is 10.1. The molecule has 1 amide bonds. The Balaban J connectivity index is 1.55. The molecule has 2 fully saturated rings. The number of nitrogens with zero attached hydrogens (tertiary/aromatic N) is 3. The van der Waals surface area contributed by atoms with Crippen LogP contribution in [0.4, 0.5) is 15.8 Å². The highest BCUT2D eigenvalue weighted by atomic mass is 35.5. The molecule has 1 aliphatic carbocycles. The lowest BCUT2D eigenvalue weighted by molar-refractivity contribution is 0.102. The van der Waals surface area contributed by atoms with Crippen LogP contribution in [0.3, 0.4) is 0 Å². The molecular weight excluding hydrogens is 471 g/mol. The van der Waals surface area contributed by atoms with Crippen molar-refractivity contribution in [2.45, 2.75) is 25.8 Å². The van der Waals surface area contributed by atoms with E-state index in [9.17, 15) is 9.59 Å². The van der Waals surface area contributed by atoms with Gasteiger partial charge in [0.05, 0.1) is 24.0 Å². The molecule has 0 bridgehead atoms. The molecule has 1 aromatic heterocycles. The predicted octanol–water partition coefficient (Wildman–Crippen LogP) is 4.53. The molecule has 1 N–H and O–H groups in total.